The van der Waals surface area contributed by atoms with Crippen LogP contribution >= 0.6 is 0 Å². The molecule has 0 atom stereocenters. The van der Waals surface area contributed by atoms with Gasteiger partial charge >= 0.3 is 0 Å². The Morgan fingerprint density at radius 2 is 2.03 bits per heavy atom. The average molecular weight is 433 g/mol. The van der Waals surface area contributed by atoms with Crippen molar-refractivity contribution in [3.63, 3.8) is 0 Å². The highest BCUT2D eigenvalue weighted by atomic mass is 32.2. The van der Waals surface area contributed by atoms with Gasteiger partial charge in [-0.05, 0) is 37.7 Å². The fourth-order valence-corrected chi connectivity index (χ4v) is 4.44. The Kier molecular flexibility index (Phi) is 6.06. The van der Waals surface area contributed by atoms with Crippen LogP contribution in [0.15, 0.2) is 40.2 Å². The van der Waals surface area contributed by atoms with Gasteiger partial charge in [-0.2, -0.15) is 9.40 Å². The Hall–Kier alpha value is -3.02. The summed E-state index contributed by atoms with van der Waals surface area (Å²) in [6.07, 6.45) is 1.52. The third kappa shape index (κ3) is 4.27. The SMILES string of the molecule is CNCc1n[nH]c2c(S(=O)(=O)N(C)CC(=O)Nc3ccn(C)c(=O)c3)cc(C)cc12. The van der Waals surface area contributed by atoms with Gasteiger partial charge in [0.05, 0.1) is 17.8 Å². The van der Waals surface area contributed by atoms with Gasteiger partial charge in [-0.25, -0.2) is 8.42 Å². The number of hydrogen-bond donors (Lipinski definition) is 3. The highest BCUT2D eigenvalue weighted by Crippen LogP contribution is 2.27. The predicted molar refractivity (Wildman–Crippen MR) is 114 cm³/mol. The lowest BCUT2D eigenvalue weighted by Crippen LogP contribution is -2.35. The lowest BCUT2D eigenvalue weighted by molar-refractivity contribution is -0.116. The van der Waals surface area contributed by atoms with E-state index in [4.69, 9.17) is 0 Å². The number of sulfonamides is 1. The molecule has 11 heteroatoms. The van der Waals surface area contributed by atoms with E-state index in [-0.39, 0.29) is 10.5 Å². The number of aromatic amines is 1. The van der Waals surface area contributed by atoms with Crippen LogP contribution in [0.2, 0.25) is 0 Å². The van der Waals surface area contributed by atoms with Gasteiger partial charge < -0.3 is 15.2 Å². The fraction of sp³-hybridized carbons (Fsp3) is 0.316. The van der Waals surface area contributed by atoms with Crippen LogP contribution in [-0.4, -0.2) is 54.0 Å². The molecule has 0 saturated carbocycles. The van der Waals surface area contributed by atoms with E-state index in [0.29, 0.717) is 28.8 Å². The number of amides is 1. The summed E-state index contributed by atoms with van der Waals surface area (Å²) < 4.78 is 28.7. The average Bonchev–Trinajstić information content (AvgIpc) is 3.06. The smallest absolute Gasteiger partial charge is 0.252 e. The number of nitrogens with one attached hydrogen (secondary N) is 3. The minimum atomic E-state index is -3.98. The number of benzene rings is 1. The summed E-state index contributed by atoms with van der Waals surface area (Å²) in [5.74, 6) is -0.557. The zero-order valence-corrected chi connectivity index (χ0v) is 18.0. The second-order valence-corrected chi connectivity index (χ2v) is 9.07. The first-order valence-corrected chi connectivity index (χ1v) is 10.6. The molecule has 3 rings (SSSR count). The number of fused-ring (bicyclic) bond motifs is 1. The number of pyridine rings is 1. The van der Waals surface area contributed by atoms with E-state index in [9.17, 15) is 18.0 Å². The molecule has 0 saturated heterocycles. The Labute approximate surface area is 173 Å². The van der Waals surface area contributed by atoms with Gasteiger partial charge in [-0.1, -0.05) is 0 Å². The summed E-state index contributed by atoms with van der Waals surface area (Å²) in [6, 6.07) is 6.25. The van der Waals surface area contributed by atoms with Crippen molar-refractivity contribution in [2.24, 2.45) is 7.05 Å². The number of hydrogen-bond acceptors (Lipinski definition) is 6. The Bertz CT molecular complexity index is 1260. The molecule has 160 valence electrons. The summed E-state index contributed by atoms with van der Waals surface area (Å²) in [4.78, 5) is 24.1. The molecule has 1 aromatic carbocycles. The van der Waals surface area contributed by atoms with Crippen LogP contribution in [0.25, 0.3) is 10.9 Å². The van der Waals surface area contributed by atoms with Crippen molar-refractivity contribution in [3.8, 4) is 0 Å². The first-order chi connectivity index (χ1) is 14.1. The summed E-state index contributed by atoms with van der Waals surface area (Å²) in [6.45, 7) is 1.87. The minimum absolute atomic E-state index is 0.0521. The predicted octanol–water partition coefficient (Wildman–Crippen LogP) is 0.549. The van der Waals surface area contributed by atoms with Gasteiger partial charge in [-0.3, -0.25) is 14.7 Å². The minimum Gasteiger partial charge on any atom is -0.325 e. The number of carbonyl (C=O) groups is 1. The summed E-state index contributed by atoms with van der Waals surface area (Å²) in [5, 5.41) is 13.3. The molecule has 2 aromatic heterocycles. The molecule has 0 aliphatic carbocycles. The fourth-order valence-electron chi connectivity index (χ4n) is 3.07. The number of nitrogens with zero attached hydrogens (tertiary/aromatic N) is 3. The van der Waals surface area contributed by atoms with Gasteiger partial charge in [0.15, 0.2) is 0 Å². The van der Waals surface area contributed by atoms with Crippen molar-refractivity contribution in [1.82, 2.24) is 24.4 Å². The third-order valence-corrected chi connectivity index (χ3v) is 6.47. The normalized spacial score (nSPS) is 11.9. The van der Waals surface area contributed by atoms with Gasteiger partial charge in [0.2, 0.25) is 15.9 Å². The first kappa shape index (κ1) is 21.7. The van der Waals surface area contributed by atoms with Crippen molar-refractivity contribution in [3.05, 3.63) is 52.1 Å². The molecular formula is C19H24N6O4S. The lowest BCUT2D eigenvalue weighted by Gasteiger charge is -2.18. The number of rotatable bonds is 7. The Morgan fingerprint density at radius 3 is 2.70 bits per heavy atom. The molecule has 0 unspecified atom stereocenters. The van der Waals surface area contributed by atoms with E-state index in [2.05, 4.69) is 20.8 Å². The molecule has 0 bridgehead atoms. The highest BCUT2D eigenvalue weighted by Gasteiger charge is 2.27. The van der Waals surface area contributed by atoms with E-state index >= 15 is 0 Å². The number of aromatic nitrogens is 3. The van der Waals surface area contributed by atoms with Crippen LogP contribution in [0.3, 0.4) is 0 Å². The van der Waals surface area contributed by atoms with Crippen LogP contribution in [0.4, 0.5) is 5.69 Å². The number of aryl methyl sites for hydroxylation is 2. The van der Waals surface area contributed by atoms with E-state index in [0.717, 1.165) is 9.87 Å². The van der Waals surface area contributed by atoms with Crippen LogP contribution in [0, 0.1) is 6.92 Å². The zero-order chi connectivity index (χ0) is 22.1. The van der Waals surface area contributed by atoms with Crippen molar-refractivity contribution < 1.29 is 13.2 Å². The number of H-pyrrole nitrogens is 1. The van der Waals surface area contributed by atoms with E-state index in [1.54, 1.807) is 33.2 Å². The molecule has 0 fully saturated rings. The Morgan fingerprint density at radius 1 is 1.30 bits per heavy atom. The van der Waals surface area contributed by atoms with Gasteiger partial charge in [-0.15, -0.1) is 0 Å². The van der Waals surface area contributed by atoms with E-state index in [1.165, 1.54) is 23.9 Å². The highest BCUT2D eigenvalue weighted by molar-refractivity contribution is 7.89. The molecule has 0 spiro atoms. The monoisotopic (exact) mass is 432 g/mol. The van der Waals surface area contributed by atoms with Crippen LogP contribution < -0.4 is 16.2 Å². The van der Waals surface area contributed by atoms with Gasteiger partial charge in [0, 0.05) is 44.0 Å². The summed E-state index contributed by atoms with van der Waals surface area (Å²) >= 11 is 0. The van der Waals surface area contributed by atoms with Crippen molar-refractivity contribution in [2.45, 2.75) is 18.4 Å². The van der Waals surface area contributed by atoms with E-state index in [1.807, 2.05) is 6.07 Å². The molecule has 0 aliphatic rings. The zero-order valence-electron chi connectivity index (χ0n) is 17.2. The van der Waals surface area contributed by atoms with Crippen LogP contribution in [-0.2, 0) is 28.4 Å². The number of carbonyl (C=O) groups excluding carboxylic acids is 1. The Balaban J connectivity index is 1.86. The van der Waals surface area contributed by atoms with Gasteiger partial charge in [0.1, 0.15) is 4.90 Å². The molecule has 3 N–H and O–H groups in total. The lowest BCUT2D eigenvalue weighted by atomic mass is 10.1. The van der Waals surface area contributed by atoms with Crippen molar-refractivity contribution >= 4 is 32.5 Å². The molecular weight excluding hydrogens is 408 g/mol. The molecule has 1 amide bonds. The molecule has 10 nitrogen and oxygen atoms in total. The maximum Gasteiger partial charge on any atom is 0.252 e. The topological polar surface area (TPSA) is 129 Å². The molecule has 0 aliphatic heterocycles. The first-order valence-electron chi connectivity index (χ1n) is 9.18. The van der Waals surface area contributed by atoms with Crippen LogP contribution in [0.5, 0.6) is 0 Å². The molecule has 3 aromatic rings. The van der Waals surface area contributed by atoms with Crippen molar-refractivity contribution in [2.75, 3.05) is 26.0 Å². The molecule has 30 heavy (non-hydrogen) atoms. The third-order valence-electron chi connectivity index (χ3n) is 4.65. The quantitative estimate of drug-likeness (QED) is 0.500. The summed E-state index contributed by atoms with van der Waals surface area (Å²) in [5.41, 5.74) is 1.88. The standard InChI is InChI=1S/C19H24N6O4S/c1-12-7-14-15(10-20-2)22-23-19(14)16(8-12)30(28,29)25(4)11-17(26)21-13-5-6-24(3)18(27)9-13/h5-9,20H,10-11H2,1-4H3,(H,21,26)(H,22,23). The maximum absolute atomic E-state index is 13.2. The second kappa shape index (κ2) is 8.38. The molecule has 0 radical (unpaired) electrons. The maximum atomic E-state index is 13.2. The van der Waals surface area contributed by atoms with Gasteiger partial charge in [0.25, 0.3) is 5.56 Å². The van der Waals surface area contributed by atoms with Crippen LogP contribution in [0.1, 0.15) is 11.3 Å². The summed E-state index contributed by atoms with van der Waals surface area (Å²) in [7, 11) is 0.727. The largest absolute Gasteiger partial charge is 0.325 e. The number of likely N-dealkylation sites (N-methyl/N-ethyl adjacent to an activating group) is 1. The van der Waals surface area contributed by atoms with E-state index < -0.39 is 22.5 Å². The van der Waals surface area contributed by atoms with Crippen molar-refractivity contribution in [1.29, 1.82) is 0 Å². The number of anilines is 1. The second-order valence-electron chi connectivity index (χ2n) is 7.06. The molecule has 2 heterocycles.